The van der Waals surface area contributed by atoms with Crippen molar-refractivity contribution in [1.29, 1.82) is 0 Å². The number of fused-ring (bicyclic) bond motifs is 1. The van der Waals surface area contributed by atoms with Gasteiger partial charge in [-0.3, -0.25) is 5.10 Å². The van der Waals surface area contributed by atoms with Crippen molar-refractivity contribution in [3.05, 3.63) is 60.3 Å². The molecule has 1 aliphatic rings. The summed E-state index contributed by atoms with van der Waals surface area (Å²) in [5.74, 6) is 1.70. The van der Waals surface area contributed by atoms with Gasteiger partial charge in [0.15, 0.2) is 5.82 Å². The number of nitrogens with zero attached hydrogens (tertiary/aromatic N) is 4. The molecule has 0 bridgehead atoms. The zero-order valence-corrected chi connectivity index (χ0v) is 16.5. The summed E-state index contributed by atoms with van der Waals surface area (Å²) in [6.07, 6.45) is 8.75. The third-order valence-electron chi connectivity index (χ3n) is 5.87. The Kier molecular flexibility index (Phi) is 4.99. The topological polar surface area (TPSA) is 71.4 Å². The fraction of sp³-hybridized carbons (Fsp3) is 0.348. The fourth-order valence-corrected chi connectivity index (χ4v) is 4.22. The average Bonchev–Trinajstić information content (AvgIpc) is 3.40. The van der Waals surface area contributed by atoms with Crippen molar-refractivity contribution in [1.82, 2.24) is 25.2 Å². The molecule has 4 aromatic rings. The van der Waals surface area contributed by atoms with Gasteiger partial charge < -0.3 is 5.32 Å². The van der Waals surface area contributed by atoms with Gasteiger partial charge in [-0.25, -0.2) is 4.68 Å². The van der Waals surface area contributed by atoms with E-state index in [9.17, 15) is 0 Å². The third kappa shape index (κ3) is 4.01. The van der Waals surface area contributed by atoms with E-state index in [2.05, 4.69) is 56.2 Å². The Labute approximate surface area is 170 Å². The van der Waals surface area contributed by atoms with Crippen LogP contribution in [0.1, 0.15) is 37.7 Å². The molecule has 0 aliphatic heterocycles. The lowest BCUT2D eigenvalue weighted by atomic mass is 9.89. The van der Waals surface area contributed by atoms with Crippen LogP contribution in [0.3, 0.4) is 0 Å². The Bertz CT molecular complexity index is 1080. The van der Waals surface area contributed by atoms with Crippen molar-refractivity contribution in [2.75, 3.05) is 11.9 Å². The van der Waals surface area contributed by atoms with E-state index >= 15 is 0 Å². The Hall–Kier alpha value is -3.15. The van der Waals surface area contributed by atoms with E-state index in [1.807, 2.05) is 29.1 Å². The molecule has 0 unspecified atom stereocenters. The van der Waals surface area contributed by atoms with Gasteiger partial charge in [-0.1, -0.05) is 60.9 Å². The first kappa shape index (κ1) is 17.9. The van der Waals surface area contributed by atoms with E-state index in [1.165, 1.54) is 37.7 Å². The first-order chi connectivity index (χ1) is 14.3. The standard InChI is InChI=1S/C23H26N6/c1-3-7-17(8-4-1)14-24-23-20-13-19(11-12-21(20)25-27-23)22-16-29(28-26-22)15-18-9-5-2-6-10-18/h2,5-6,9-13,16-17H,1,3-4,7-8,14-15H2,(H2,24,25,27). The summed E-state index contributed by atoms with van der Waals surface area (Å²) in [4.78, 5) is 0. The number of H-pyrrole nitrogens is 1. The molecule has 0 radical (unpaired) electrons. The van der Waals surface area contributed by atoms with Crippen LogP contribution >= 0.6 is 0 Å². The quantitative estimate of drug-likeness (QED) is 0.496. The highest BCUT2D eigenvalue weighted by atomic mass is 15.4. The smallest absolute Gasteiger partial charge is 0.155 e. The number of hydrogen-bond donors (Lipinski definition) is 2. The minimum atomic E-state index is 0.718. The molecule has 1 fully saturated rings. The molecule has 0 atom stereocenters. The number of anilines is 1. The molecule has 6 heteroatoms. The first-order valence-corrected chi connectivity index (χ1v) is 10.5. The summed E-state index contributed by atoms with van der Waals surface area (Å²) in [5, 5.41) is 21.0. The lowest BCUT2D eigenvalue weighted by Crippen LogP contribution is -2.17. The van der Waals surface area contributed by atoms with Crippen LogP contribution in [0, 0.1) is 5.92 Å². The van der Waals surface area contributed by atoms with Crippen LogP contribution in [0.5, 0.6) is 0 Å². The van der Waals surface area contributed by atoms with Crippen molar-refractivity contribution in [2.24, 2.45) is 5.92 Å². The molecule has 6 nitrogen and oxygen atoms in total. The van der Waals surface area contributed by atoms with Crippen molar-refractivity contribution in [2.45, 2.75) is 38.6 Å². The summed E-state index contributed by atoms with van der Waals surface area (Å²) < 4.78 is 1.88. The first-order valence-electron chi connectivity index (χ1n) is 10.5. The molecular formula is C23H26N6. The van der Waals surface area contributed by atoms with Crippen molar-refractivity contribution < 1.29 is 0 Å². The molecule has 2 heterocycles. The van der Waals surface area contributed by atoms with Crippen molar-refractivity contribution in [3.63, 3.8) is 0 Å². The second kappa shape index (κ2) is 8.07. The molecule has 2 aromatic heterocycles. The maximum atomic E-state index is 4.50. The SMILES string of the molecule is c1ccc(Cn2cc(-c3ccc4[nH]nc(NCC5CCCCC5)c4c3)nn2)cc1. The molecule has 2 N–H and O–H groups in total. The Morgan fingerprint density at radius 1 is 1.03 bits per heavy atom. The highest BCUT2D eigenvalue weighted by Gasteiger charge is 2.15. The van der Waals surface area contributed by atoms with E-state index < -0.39 is 0 Å². The van der Waals surface area contributed by atoms with Gasteiger partial charge in [0.2, 0.25) is 0 Å². The Balaban J connectivity index is 1.34. The van der Waals surface area contributed by atoms with E-state index in [0.717, 1.165) is 47.0 Å². The summed E-state index contributed by atoms with van der Waals surface area (Å²) in [6.45, 7) is 1.72. The molecule has 5 rings (SSSR count). The molecule has 148 valence electrons. The van der Waals surface area contributed by atoms with Crippen molar-refractivity contribution in [3.8, 4) is 11.3 Å². The number of aromatic amines is 1. The van der Waals surface area contributed by atoms with Crippen LogP contribution in [-0.4, -0.2) is 31.7 Å². The van der Waals surface area contributed by atoms with Gasteiger partial charge in [0.25, 0.3) is 0 Å². The minimum Gasteiger partial charge on any atom is -0.368 e. The second-order valence-electron chi connectivity index (χ2n) is 8.00. The maximum absolute atomic E-state index is 4.50. The van der Waals surface area contributed by atoms with Gasteiger partial charge in [0.05, 0.1) is 18.3 Å². The van der Waals surface area contributed by atoms with Crippen LogP contribution in [0.4, 0.5) is 5.82 Å². The average molecular weight is 387 g/mol. The van der Waals surface area contributed by atoms with E-state index in [0.29, 0.717) is 0 Å². The minimum absolute atomic E-state index is 0.718. The van der Waals surface area contributed by atoms with Crippen molar-refractivity contribution >= 4 is 16.7 Å². The molecule has 1 aliphatic carbocycles. The van der Waals surface area contributed by atoms with Crippen LogP contribution in [0.25, 0.3) is 22.2 Å². The zero-order valence-electron chi connectivity index (χ0n) is 16.5. The largest absolute Gasteiger partial charge is 0.368 e. The summed E-state index contributed by atoms with van der Waals surface area (Å²) in [5.41, 5.74) is 4.18. The number of rotatable bonds is 6. The van der Waals surface area contributed by atoms with Gasteiger partial charge in [-0.15, -0.1) is 5.10 Å². The van der Waals surface area contributed by atoms with Gasteiger partial charge in [-0.05, 0) is 36.5 Å². The van der Waals surface area contributed by atoms with Gasteiger partial charge in [0, 0.05) is 17.5 Å². The molecular weight excluding hydrogens is 360 g/mol. The predicted octanol–water partition coefficient (Wildman–Crippen LogP) is 4.86. The van der Waals surface area contributed by atoms with Crippen LogP contribution < -0.4 is 5.32 Å². The highest BCUT2D eigenvalue weighted by Crippen LogP contribution is 2.28. The Morgan fingerprint density at radius 3 is 2.76 bits per heavy atom. The monoisotopic (exact) mass is 386 g/mol. The summed E-state index contributed by atoms with van der Waals surface area (Å²) in [7, 11) is 0. The molecule has 1 saturated carbocycles. The fourth-order valence-electron chi connectivity index (χ4n) is 4.22. The number of aromatic nitrogens is 5. The molecule has 29 heavy (non-hydrogen) atoms. The zero-order chi connectivity index (χ0) is 19.5. The summed E-state index contributed by atoms with van der Waals surface area (Å²) >= 11 is 0. The molecule has 2 aromatic carbocycles. The number of hydrogen-bond acceptors (Lipinski definition) is 4. The normalized spacial score (nSPS) is 15.0. The lowest BCUT2D eigenvalue weighted by Gasteiger charge is -2.21. The summed E-state index contributed by atoms with van der Waals surface area (Å²) in [6, 6.07) is 16.6. The van der Waals surface area contributed by atoms with E-state index in [4.69, 9.17) is 0 Å². The van der Waals surface area contributed by atoms with E-state index in [1.54, 1.807) is 0 Å². The number of benzene rings is 2. The molecule has 0 spiro atoms. The lowest BCUT2D eigenvalue weighted by molar-refractivity contribution is 0.373. The molecule has 0 amide bonds. The maximum Gasteiger partial charge on any atom is 0.155 e. The third-order valence-corrected chi connectivity index (χ3v) is 5.87. The number of nitrogens with one attached hydrogen (secondary N) is 2. The molecule has 0 saturated heterocycles. The van der Waals surface area contributed by atoms with Gasteiger partial charge in [-0.2, -0.15) is 5.10 Å². The Morgan fingerprint density at radius 2 is 1.90 bits per heavy atom. The van der Waals surface area contributed by atoms with Crippen LogP contribution in [0.2, 0.25) is 0 Å². The van der Waals surface area contributed by atoms with Crippen LogP contribution in [0.15, 0.2) is 54.7 Å². The van der Waals surface area contributed by atoms with Gasteiger partial charge in [0.1, 0.15) is 5.69 Å². The van der Waals surface area contributed by atoms with Crippen LogP contribution in [-0.2, 0) is 6.54 Å². The predicted molar refractivity (Wildman–Crippen MR) is 116 cm³/mol. The second-order valence-corrected chi connectivity index (χ2v) is 8.00. The van der Waals surface area contributed by atoms with Gasteiger partial charge >= 0.3 is 0 Å². The highest BCUT2D eigenvalue weighted by molar-refractivity contribution is 5.92. The van der Waals surface area contributed by atoms with E-state index in [-0.39, 0.29) is 0 Å².